The number of carbonyl (C=O) groups excluding carboxylic acids is 1. The van der Waals surface area contributed by atoms with Crippen molar-refractivity contribution in [3.63, 3.8) is 0 Å². The van der Waals surface area contributed by atoms with E-state index in [9.17, 15) is 4.79 Å². The van der Waals surface area contributed by atoms with E-state index in [-0.39, 0.29) is 5.91 Å². The number of aryl methyl sites for hydroxylation is 1. The zero-order valence-corrected chi connectivity index (χ0v) is 19.4. The van der Waals surface area contributed by atoms with Crippen LogP contribution in [0.2, 0.25) is 0 Å². The summed E-state index contributed by atoms with van der Waals surface area (Å²) >= 11 is 3.13. The lowest BCUT2D eigenvalue weighted by Crippen LogP contribution is -2.19. The Hall–Kier alpha value is -3.13. The highest BCUT2D eigenvalue weighted by molar-refractivity contribution is 7.16. The van der Waals surface area contributed by atoms with E-state index in [0.29, 0.717) is 23.5 Å². The van der Waals surface area contributed by atoms with Gasteiger partial charge in [-0.05, 0) is 48.2 Å². The van der Waals surface area contributed by atoms with E-state index in [2.05, 4.69) is 34.7 Å². The zero-order valence-electron chi connectivity index (χ0n) is 17.7. The fraction of sp³-hybridized carbons (Fsp3) is 0.160. The Bertz CT molecular complexity index is 1500. The van der Waals surface area contributed by atoms with Crippen LogP contribution in [0.25, 0.3) is 31.7 Å². The SMILES string of the molecule is COCCn1c(=NC(=O)c2cc(-c3cccs3)nc3ccccc23)sc2cc(C)ccc21. The normalized spacial score (nSPS) is 12.1. The average Bonchev–Trinajstić information content (AvgIpc) is 3.45. The first kappa shape index (κ1) is 20.8. The molecule has 0 bridgehead atoms. The molecule has 0 aliphatic carbocycles. The third-order valence-electron chi connectivity index (χ3n) is 5.27. The topological polar surface area (TPSA) is 56.5 Å². The maximum absolute atomic E-state index is 13.5. The quantitative estimate of drug-likeness (QED) is 0.340. The molecule has 2 aromatic carbocycles. The fourth-order valence-corrected chi connectivity index (χ4v) is 5.55. The fourth-order valence-electron chi connectivity index (χ4n) is 3.71. The minimum absolute atomic E-state index is 0.268. The molecule has 5 rings (SSSR count). The van der Waals surface area contributed by atoms with Gasteiger partial charge in [-0.2, -0.15) is 4.99 Å². The molecule has 1 amide bonds. The second-order valence-electron chi connectivity index (χ2n) is 7.47. The molecule has 7 heteroatoms. The van der Waals surface area contributed by atoms with E-state index in [4.69, 9.17) is 9.72 Å². The summed E-state index contributed by atoms with van der Waals surface area (Å²) < 4.78 is 8.46. The number of aromatic nitrogens is 2. The Labute approximate surface area is 193 Å². The highest BCUT2D eigenvalue weighted by Gasteiger charge is 2.15. The van der Waals surface area contributed by atoms with Gasteiger partial charge in [-0.15, -0.1) is 11.3 Å². The number of thiophene rings is 1. The number of para-hydroxylation sites is 1. The second-order valence-corrected chi connectivity index (χ2v) is 9.42. The molecule has 5 nitrogen and oxygen atoms in total. The average molecular weight is 460 g/mol. The largest absolute Gasteiger partial charge is 0.383 e. The van der Waals surface area contributed by atoms with Gasteiger partial charge in [0.15, 0.2) is 4.80 Å². The summed E-state index contributed by atoms with van der Waals surface area (Å²) in [6.45, 7) is 3.24. The van der Waals surface area contributed by atoms with E-state index in [1.807, 2.05) is 47.8 Å². The number of carbonyl (C=O) groups is 1. The summed E-state index contributed by atoms with van der Waals surface area (Å²) in [7, 11) is 1.68. The predicted molar refractivity (Wildman–Crippen MR) is 131 cm³/mol. The molecule has 0 saturated heterocycles. The van der Waals surface area contributed by atoms with Crippen LogP contribution in [-0.2, 0) is 11.3 Å². The molecule has 0 fully saturated rings. The van der Waals surface area contributed by atoms with Crippen molar-refractivity contribution in [1.29, 1.82) is 0 Å². The van der Waals surface area contributed by atoms with E-state index in [1.54, 1.807) is 18.4 Å². The molecule has 32 heavy (non-hydrogen) atoms. The number of hydrogen-bond acceptors (Lipinski definition) is 5. The van der Waals surface area contributed by atoms with Crippen LogP contribution in [0.1, 0.15) is 15.9 Å². The van der Waals surface area contributed by atoms with Crippen molar-refractivity contribution in [3.8, 4) is 10.6 Å². The molecule has 0 aliphatic heterocycles. The molecule has 3 aromatic heterocycles. The van der Waals surface area contributed by atoms with Crippen molar-refractivity contribution in [2.24, 2.45) is 4.99 Å². The van der Waals surface area contributed by atoms with Gasteiger partial charge in [-0.1, -0.05) is 41.7 Å². The van der Waals surface area contributed by atoms with Crippen molar-refractivity contribution in [1.82, 2.24) is 9.55 Å². The minimum atomic E-state index is -0.268. The van der Waals surface area contributed by atoms with Crippen molar-refractivity contribution < 1.29 is 9.53 Å². The van der Waals surface area contributed by atoms with Crippen LogP contribution in [0.4, 0.5) is 0 Å². The molecule has 160 valence electrons. The van der Waals surface area contributed by atoms with Crippen LogP contribution in [0.5, 0.6) is 0 Å². The minimum Gasteiger partial charge on any atom is -0.383 e. The molecule has 0 radical (unpaired) electrons. The Morgan fingerprint density at radius 2 is 2.00 bits per heavy atom. The lowest BCUT2D eigenvalue weighted by atomic mass is 10.1. The number of methoxy groups -OCH3 is 1. The molecular formula is C25H21N3O2S2. The zero-order chi connectivity index (χ0) is 22.1. The Balaban J connectivity index is 1.69. The van der Waals surface area contributed by atoms with Gasteiger partial charge in [0.1, 0.15) is 0 Å². The highest BCUT2D eigenvalue weighted by atomic mass is 32.1. The molecule has 0 N–H and O–H groups in total. The van der Waals surface area contributed by atoms with Crippen molar-refractivity contribution in [3.05, 3.63) is 82.0 Å². The van der Waals surface area contributed by atoms with Gasteiger partial charge in [-0.3, -0.25) is 4.79 Å². The number of amides is 1. The van der Waals surface area contributed by atoms with Crippen LogP contribution in [0, 0.1) is 6.92 Å². The number of ether oxygens (including phenoxy) is 1. The summed E-state index contributed by atoms with van der Waals surface area (Å²) in [6.07, 6.45) is 0. The van der Waals surface area contributed by atoms with Crippen LogP contribution in [-0.4, -0.2) is 29.2 Å². The Morgan fingerprint density at radius 3 is 2.81 bits per heavy atom. The number of nitrogens with zero attached hydrogens (tertiary/aromatic N) is 3. The van der Waals surface area contributed by atoms with Crippen LogP contribution in [0.15, 0.2) is 71.0 Å². The van der Waals surface area contributed by atoms with E-state index in [1.165, 1.54) is 16.9 Å². The van der Waals surface area contributed by atoms with Gasteiger partial charge >= 0.3 is 0 Å². The van der Waals surface area contributed by atoms with Crippen LogP contribution in [0.3, 0.4) is 0 Å². The van der Waals surface area contributed by atoms with Gasteiger partial charge in [0.05, 0.1) is 38.5 Å². The number of pyridine rings is 1. The molecule has 0 spiro atoms. The summed E-state index contributed by atoms with van der Waals surface area (Å²) in [6, 6.07) is 19.9. The molecule has 0 unspecified atom stereocenters. The van der Waals surface area contributed by atoms with Crippen LogP contribution >= 0.6 is 22.7 Å². The summed E-state index contributed by atoms with van der Waals surface area (Å²) in [4.78, 5) is 24.5. The van der Waals surface area contributed by atoms with E-state index < -0.39 is 0 Å². The number of fused-ring (bicyclic) bond motifs is 2. The lowest BCUT2D eigenvalue weighted by molar-refractivity contribution is 0.0999. The summed E-state index contributed by atoms with van der Waals surface area (Å²) in [5.41, 5.74) is 4.37. The van der Waals surface area contributed by atoms with Crippen molar-refractivity contribution in [2.75, 3.05) is 13.7 Å². The van der Waals surface area contributed by atoms with Gasteiger partial charge in [0.2, 0.25) is 0 Å². The summed E-state index contributed by atoms with van der Waals surface area (Å²) in [5.74, 6) is -0.268. The first-order valence-corrected chi connectivity index (χ1v) is 12.0. The van der Waals surface area contributed by atoms with Gasteiger partial charge < -0.3 is 9.30 Å². The summed E-state index contributed by atoms with van der Waals surface area (Å²) in [5, 5.41) is 2.82. The Morgan fingerprint density at radius 1 is 1.12 bits per heavy atom. The monoisotopic (exact) mass is 459 g/mol. The van der Waals surface area contributed by atoms with Crippen molar-refractivity contribution >= 4 is 49.7 Å². The van der Waals surface area contributed by atoms with Gasteiger partial charge in [-0.25, -0.2) is 4.98 Å². The number of rotatable bonds is 5. The predicted octanol–water partition coefficient (Wildman–Crippen LogP) is 5.68. The lowest BCUT2D eigenvalue weighted by Gasteiger charge is -2.07. The first-order chi connectivity index (χ1) is 15.6. The second kappa shape index (κ2) is 8.78. The van der Waals surface area contributed by atoms with Crippen LogP contribution < -0.4 is 4.80 Å². The van der Waals surface area contributed by atoms with E-state index >= 15 is 0 Å². The van der Waals surface area contributed by atoms with E-state index in [0.717, 1.165) is 31.7 Å². The Kier molecular flexibility index (Phi) is 5.70. The maximum Gasteiger partial charge on any atom is 0.280 e. The molecule has 5 aromatic rings. The molecule has 0 saturated carbocycles. The third-order valence-corrected chi connectivity index (χ3v) is 7.21. The number of hydrogen-bond donors (Lipinski definition) is 0. The van der Waals surface area contributed by atoms with Crippen molar-refractivity contribution in [2.45, 2.75) is 13.5 Å². The third kappa shape index (κ3) is 3.90. The highest BCUT2D eigenvalue weighted by Crippen LogP contribution is 2.28. The van der Waals surface area contributed by atoms with Gasteiger partial charge in [0.25, 0.3) is 5.91 Å². The first-order valence-electron chi connectivity index (χ1n) is 10.3. The molecule has 3 heterocycles. The smallest absolute Gasteiger partial charge is 0.280 e. The number of benzene rings is 2. The molecule has 0 atom stereocenters. The molecule has 0 aliphatic rings. The molecular weight excluding hydrogens is 438 g/mol. The standard InChI is InChI=1S/C25H21N3O2S2/c1-16-9-10-21-23(14-16)32-25(28(21)11-12-30-2)27-24(29)18-15-20(22-8-5-13-31-22)26-19-7-4-3-6-17(18)19/h3-10,13-15H,11-12H2,1-2H3. The number of thiazole rings is 1. The van der Waals surface area contributed by atoms with Gasteiger partial charge in [0, 0.05) is 19.0 Å². The maximum atomic E-state index is 13.5.